The number of aryl methyl sites for hydroxylation is 1. The predicted molar refractivity (Wildman–Crippen MR) is 133 cm³/mol. The van der Waals surface area contributed by atoms with E-state index in [1.54, 1.807) is 35.0 Å². The number of ether oxygens (including phenoxy) is 3. The van der Waals surface area contributed by atoms with Crippen molar-refractivity contribution < 1.29 is 19.0 Å². The van der Waals surface area contributed by atoms with E-state index >= 15 is 0 Å². The van der Waals surface area contributed by atoms with Crippen LogP contribution in [0.5, 0.6) is 11.6 Å². The van der Waals surface area contributed by atoms with Crippen molar-refractivity contribution in [3.63, 3.8) is 0 Å². The van der Waals surface area contributed by atoms with Crippen LogP contribution in [0.3, 0.4) is 0 Å². The van der Waals surface area contributed by atoms with Crippen LogP contribution in [0.15, 0.2) is 31.1 Å². The molecule has 0 spiro atoms. The summed E-state index contributed by atoms with van der Waals surface area (Å²) in [6.45, 7) is 15.8. The third-order valence-corrected chi connectivity index (χ3v) is 5.28. The lowest BCUT2D eigenvalue weighted by molar-refractivity contribution is 0.0182. The highest BCUT2D eigenvalue weighted by molar-refractivity contribution is 5.69. The van der Waals surface area contributed by atoms with Gasteiger partial charge in [0.2, 0.25) is 5.65 Å². The smallest absolute Gasteiger partial charge is 0.410 e. The molecule has 0 saturated carbocycles. The third kappa shape index (κ3) is 5.87. The van der Waals surface area contributed by atoms with E-state index < -0.39 is 11.7 Å². The first-order chi connectivity index (χ1) is 16.6. The van der Waals surface area contributed by atoms with Gasteiger partial charge in [-0.05, 0) is 54.0 Å². The second-order valence-electron chi connectivity index (χ2n) is 9.05. The summed E-state index contributed by atoms with van der Waals surface area (Å²) in [5.74, 6) is 1.25. The van der Waals surface area contributed by atoms with Crippen LogP contribution >= 0.6 is 0 Å². The summed E-state index contributed by atoms with van der Waals surface area (Å²) in [5.41, 5.74) is 2.03. The van der Waals surface area contributed by atoms with Crippen molar-refractivity contribution in [3.05, 3.63) is 42.5 Å². The second kappa shape index (κ2) is 10.7. The summed E-state index contributed by atoms with van der Waals surface area (Å²) in [7, 11) is 1.56. The molecule has 3 rings (SSSR count). The zero-order valence-corrected chi connectivity index (χ0v) is 21.5. The van der Waals surface area contributed by atoms with Crippen molar-refractivity contribution in [3.8, 4) is 23.0 Å². The van der Waals surface area contributed by atoms with Gasteiger partial charge in [0.1, 0.15) is 11.4 Å². The summed E-state index contributed by atoms with van der Waals surface area (Å²) in [4.78, 5) is 28.0. The molecule has 0 aliphatic rings. The Balaban J connectivity index is 2.06. The molecule has 1 amide bonds. The minimum absolute atomic E-state index is 0.360. The lowest BCUT2D eigenvalue weighted by Gasteiger charge is -2.30. The molecular weight excluding hydrogens is 448 g/mol. The Hall–Kier alpha value is -3.69. The SMILES string of the molecule is C=CCCOc1nc(-c2cc([C@@H](C)N(CC)C(=O)OC(C)(C)C)ncc2OC)nn2c(C)cnc12. The van der Waals surface area contributed by atoms with Crippen LogP contribution in [0, 0.1) is 6.92 Å². The van der Waals surface area contributed by atoms with E-state index in [2.05, 4.69) is 26.6 Å². The summed E-state index contributed by atoms with van der Waals surface area (Å²) in [6, 6.07) is 1.47. The molecule has 0 aliphatic carbocycles. The van der Waals surface area contributed by atoms with E-state index in [4.69, 9.17) is 14.2 Å². The van der Waals surface area contributed by atoms with Crippen molar-refractivity contribution in [2.75, 3.05) is 20.3 Å². The van der Waals surface area contributed by atoms with Crippen LogP contribution in [-0.4, -0.2) is 61.4 Å². The molecule has 0 N–H and O–H groups in total. The number of pyridine rings is 1. The number of hydrogen-bond donors (Lipinski definition) is 0. The van der Waals surface area contributed by atoms with Gasteiger partial charge in [-0.2, -0.15) is 4.98 Å². The molecule has 0 radical (unpaired) electrons. The summed E-state index contributed by atoms with van der Waals surface area (Å²) < 4.78 is 18.7. The van der Waals surface area contributed by atoms with Crippen LogP contribution in [0.25, 0.3) is 17.0 Å². The average Bonchev–Trinajstić information content (AvgIpc) is 3.18. The Bertz CT molecular complexity index is 1200. The van der Waals surface area contributed by atoms with E-state index in [0.717, 1.165) is 5.69 Å². The Morgan fingerprint density at radius 3 is 2.66 bits per heavy atom. The van der Waals surface area contributed by atoms with Gasteiger partial charge < -0.3 is 19.1 Å². The Morgan fingerprint density at radius 1 is 1.29 bits per heavy atom. The Labute approximate surface area is 206 Å². The minimum Gasteiger partial charge on any atom is -0.494 e. The molecule has 10 heteroatoms. The van der Waals surface area contributed by atoms with Gasteiger partial charge in [0.25, 0.3) is 5.88 Å². The molecule has 10 nitrogen and oxygen atoms in total. The maximum Gasteiger partial charge on any atom is 0.410 e. The number of carbonyl (C=O) groups excluding carboxylic acids is 1. The quantitative estimate of drug-likeness (QED) is 0.317. The van der Waals surface area contributed by atoms with Gasteiger partial charge in [0.05, 0.1) is 49.1 Å². The molecule has 0 aliphatic heterocycles. The molecule has 0 unspecified atom stereocenters. The summed E-state index contributed by atoms with van der Waals surface area (Å²) >= 11 is 0. The fourth-order valence-corrected chi connectivity index (χ4v) is 3.48. The molecule has 0 bridgehead atoms. The topological polar surface area (TPSA) is 104 Å². The zero-order chi connectivity index (χ0) is 25.8. The van der Waals surface area contributed by atoms with E-state index in [9.17, 15) is 4.79 Å². The van der Waals surface area contributed by atoms with E-state index in [1.165, 1.54) is 0 Å². The third-order valence-electron chi connectivity index (χ3n) is 5.28. The van der Waals surface area contributed by atoms with E-state index in [1.807, 2.05) is 47.6 Å². The largest absolute Gasteiger partial charge is 0.494 e. The van der Waals surface area contributed by atoms with Crippen LogP contribution in [0.4, 0.5) is 4.79 Å². The van der Waals surface area contributed by atoms with Crippen LogP contribution in [0.1, 0.15) is 58.5 Å². The number of imidazole rings is 1. The molecule has 0 fully saturated rings. The van der Waals surface area contributed by atoms with Gasteiger partial charge >= 0.3 is 6.09 Å². The number of rotatable bonds is 9. The number of nitrogens with zero attached hydrogens (tertiary/aromatic N) is 6. The van der Waals surface area contributed by atoms with Gasteiger partial charge in [-0.15, -0.1) is 11.7 Å². The number of amides is 1. The molecule has 0 aromatic carbocycles. The standard InChI is InChI=1S/C25H34N6O4/c1-9-11-12-34-23-22-27-14-16(3)31(22)29-21(28-23)18-13-19(26-15-20(18)33-8)17(4)30(10-2)24(32)35-25(5,6)7/h9,13-15,17H,1,10-12H2,2-8H3/t17-/m1/s1. The molecule has 0 saturated heterocycles. The fourth-order valence-electron chi connectivity index (χ4n) is 3.48. The number of fused-ring (bicyclic) bond motifs is 1. The van der Waals surface area contributed by atoms with Crippen molar-refractivity contribution in [2.45, 2.75) is 59.6 Å². The molecule has 3 aromatic heterocycles. The van der Waals surface area contributed by atoms with Crippen LogP contribution < -0.4 is 9.47 Å². The number of methoxy groups -OCH3 is 1. The highest BCUT2D eigenvalue weighted by Crippen LogP contribution is 2.32. The normalized spacial score (nSPS) is 12.3. The average molecular weight is 483 g/mol. The van der Waals surface area contributed by atoms with Gasteiger partial charge in [0.15, 0.2) is 5.82 Å². The van der Waals surface area contributed by atoms with Gasteiger partial charge in [-0.1, -0.05) is 6.08 Å². The molecule has 35 heavy (non-hydrogen) atoms. The number of aromatic nitrogens is 5. The lowest BCUT2D eigenvalue weighted by Crippen LogP contribution is -2.38. The second-order valence-corrected chi connectivity index (χ2v) is 9.05. The Kier molecular flexibility index (Phi) is 7.93. The van der Waals surface area contributed by atoms with Gasteiger partial charge in [-0.25, -0.2) is 14.3 Å². The van der Waals surface area contributed by atoms with Crippen LogP contribution in [-0.2, 0) is 4.74 Å². The van der Waals surface area contributed by atoms with Crippen molar-refractivity contribution >= 4 is 11.7 Å². The first-order valence-electron chi connectivity index (χ1n) is 11.6. The van der Waals surface area contributed by atoms with Crippen molar-refractivity contribution in [2.24, 2.45) is 0 Å². The van der Waals surface area contributed by atoms with Crippen molar-refractivity contribution in [1.29, 1.82) is 0 Å². The van der Waals surface area contributed by atoms with Crippen molar-refractivity contribution in [1.82, 2.24) is 29.5 Å². The van der Waals surface area contributed by atoms with Crippen LogP contribution in [0.2, 0.25) is 0 Å². The predicted octanol–water partition coefficient (Wildman–Crippen LogP) is 4.78. The highest BCUT2D eigenvalue weighted by atomic mass is 16.6. The molecular formula is C25H34N6O4. The van der Waals surface area contributed by atoms with E-state index in [-0.39, 0.29) is 6.04 Å². The monoisotopic (exact) mass is 482 g/mol. The first-order valence-corrected chi connectivity index (χ1v) is 11.6. The fraction of sp³-hybridized carbons (Fsp3) is 0.480. The number of carbonyl (C=O) groups is 1. The zero-order valence-electron chi connectivity index (χ0n) is 21.5. The minimum atomic E-state index is -0.601. The first kappa shape index (κ1) is 25.9. The molecule has 188 valence electrons. The van der Waals surface area contributed by atoms with Gasteiger partial charge in [-0.3, -0.25) is 4.98 Å². The molecule has 3 aromatic rings. The highest BCUT2D eigenvalue weighted by Gasteiger charge is 2.27. The maximum atomic E-state index is 12.8. The summed E-state index contributed by atoms with van der Waals surface area (Å²) in [5, 5.41) is 4.68. The Morgan fingerprint density at radius 2 is 2.03 bits per heavy atom. The lowest BCUT2D eigenvalue weighted by atomic mass is 10.1. The number of hydrogen-bond acceptors (Lipinski definition) is 8. The maximum absolute atomic E-state index is 12.8. The van der Waals surface area contributed by atoms with Gasteiger partial charge in [0, 0.05) is 6.54 Å². The molecule has 3 heterocycles. The molecule has 1 atom stereocenters. The van der Waals surface area contributed by atoms with E-state index in [0.29, 0.717) is 53.9 Å². The summed E-state index contributed by atoms with van der Waals surface area (Å²) in [6.07, 6.45) is 5.36.